The van der Waals surface area contributed by atoms with Gasteiger partial charge in [0.05, 0.1) is 10.6 Å². The van der Waals surface area contributed by atoms with Gasteiger partial charge in [-0.25, -0.2) is 12.8 Å². The molecule has 1 aliphatic rings. The average molecular weight is 327 g/mol. The number of halogens is 1. The summed E-state index contributed by atoms with van der Waals surface area (Å²) in [6.07, 6.45) is 2.32. The van der Waals surface area contributed by atoms with Crippen molar-refractivity contribution in [3.05, 3.63) is 35.1 Å². The average Bonchev–Trinajstić information content (AvgIpc) is 3.19. The van der Waals surface area contributed by atoms with Crippen molar-refractivity contribution in [2.75, 3.05) is 17.6 Å². The molecule has 8 heteroatoms. The van der Waals surface area contributed by atoms with Gasteiger partial charge in [-0.1, -0.05) is 11.3 Å². The van der Waals surface area contributed by atoms with Crippen molar-refractivity contribution in [3.8, 4) is 0 Å². The van der Waals surface area contributed by atoms with Crippen molar-refractivity contribution in [3.63, 3.8) is 0 Å². The van der Waals surface area contributed by atoms with Gasteiger partial charge >= 0.3 is 0 Å². The lowest BCUT2D eigenvalue weighted by molar-refractivity contribution is 0.595. The normalized spacial score (nSPS) is 15.1. The van der Waals surface area contributed by atoms with Crippen LogP contribution in [0.5, 0.6) is 0 Å². The van der Waals surface area contributed by atoms with Gasteiger partial charge in [0.15, 0.2) is 9.84 Å². The van der Waals surface area contributed by atoms with Crippen LogP contribution in [0, 0.1) is 5.82 Å². The molecule has 112 valence electrons. The standard InChI is InChI=1S/C13H14FN3O2S2/c14-10-3-5-11(6-4-10)21(18,19)8-7-15-13-17-16-12(20-13)9-1-2-9/h3-6,9H,1-2,7-8H2,(H,15,17). The van der Waals surface area contributed by atoms with Crippen LogP contribution in [0.25, 0.3) is 0 Å². The number of rotatable bonds is 6. The van der Waals surface area contributed by atoms with E-state index in [0.29, 0.717) is 11.0 Å². The molecule has 0 atom stereocenters. The summed E-state index contributed by atoms with van der Waals surface area (Å²) < 4.78 is 36.9. The number of aromatic nitrogens is 2. The Morgan fingerprint density at radius 1 is 1.24 bits per heavy atom. The Balaban J connectivity index is 1.57. The zero-order valence-corrected chi connectivity index (χ0v) is 12.8. The number of nitrogens with zero attached hydrogens (tertiary/aromatic N) is 2. The second-order valence-electron chi connectivity index (χ2n) is 4.92. The molecule has 1 N–H and O–H groups in total. The molecule has 3 rings (SSSR count). The molecule has 1 aromatic heterocycles. The fourth-order valence-corrected chi connectivity index (χ4v) is 3.95. The van der Waals surface area contributed by atoms with E-state index < -0.39 is 15.7 Å². The minimum Gasteiger partial charge on any atom is -0.359 e. The molecular formula is C13H14FN3O2S2. The number of nitrogens with one attached hydrogen (secondary N) is 1. The van der Waals surface area contributed by atoms with Crippen LogP contribution in [0.15, 0.2) is 29.2 Å². The fourth-order valence-electron chi connectivity index (χ4n) is 1.85. The quantitative estimate of drug-likeness (QED) is 0.825. The Bertz CT molecular complexity index is 724. The molecule has 1 aliphatic carbocycles. The highest BCUT2D eigenvalue weighted by atomic mass is 32.2. The number of anilines is 1. The zero-order chi connectivity index (χ0) is 14.9. The van der Waals surface area contributed by atoms with Gasteiger partial charge in [0.2, 0.25) is 5.13 Å². The van der Waals surface area contributed by atoms with Crippen LogP contribution in [0.4, 0.5) is 9.52 Å². The van der Waals surface area contributed by atoms with Crippen molar-refractivity contribution in [1.29, 1.82) is 0 Å². The highest BCUT2D eigenvalue weighted by Crippen LogP contribution is 2.41. The summed E-state index contributed by atoms with van der Waals surface area (Å²) in [6.45, 7) is 0.249. The maximum Gasteiger partial charge on any atom is 0.205 e. The van der Waals surface area contributed by atoms with Crippen molar-refractivity contribution in [2.24, 2.45) is 0 Å². The molecule has 0 aliphatic heterocycles. The molecule has 0 unspecified atom stereocenters. The molecular weight excluding hydrogens is 313 g/mol. The van der Waals surface area contributed by atoms with E-state index in [-0.39, 0.29) is 17.2 Å². The topological polar surface area (TPSA) is 72.0 Å². The fraction of sp³-hybridized carbons (Fsp3) is 0.385. The second kappa shape index (κ2) is 5.69. The van der Waals surface area contributed by atoms with Gasteiger partial charge in [-0.15, -0.1) is 10.2 Å². The summed E-state index contributed by atoms with van der Waals surface area (Å²) in [4.78, 5) is 0.127. The second-order valence-corrected chi connectivity index (χ2v) is 8.04. The van der Waals surface area contributed by atoms with Crippen LogP contribution >= 0.6 is 11.3 Å². The first-order chi connectivity index (χ1) is 10.0. The molecule has 1 fully saturated rings. The van der Waals surface area contributed by atoms with E-state index in [9.17, 15) is 12.8 Å². The SMILES string of the molecule is O=S(=O)(CCNc1nnc(C2CC2)s1)c1ccc(F)cc1. The van der Waals surface area contributed by atoms with E-state index >= 15 is 0 Å². The molecule has 21 heavy (non-hydrogen) atoms. The Labute approximate surface area is 126 Å². The Hall–Kier alpha value is -1.54. The molecule has 0 spiro atoms. The molecule has 0 saturated heterocycles. The Morgan fingerprint density at radius 2 is 1.95 bits per heavy atom. The molecule has 1 heterocycles. The summed E-state index contributed by atoms with van der Waals surface area (Å²) in [5, 5.41) is 12.7. The first kappa shape index (κ1) is 14.4. The molecule has 1 saturated carbocycles. The van der Waals surface area contributed by atoms with Gasteiger partial charge < -0.3 is 5.32 Å². The van der Waals surface area contributed by atoms with E-state index in [1.54, 1.807) is 0 Å². The third kappa shape index (κ3) is 3.56. The van der Waals surface area contributed by atoms with Gasteiger partial charge in [-0.3, -0.25) is 0 Å². The van der Waals surface area contributed by atoms with Crippen molar-refractivity contribution in [1.82, 2.24) is 10.2 Å². The lowest BCUT2D eigenvalue weighted by Crippen LogP contribution is -2.15. The third-order valence-electron chi connectivity index (χ3n) is 3.19. The number of hydrogen-bond acceptors (Lipinski definition) is 6. The molecule has 0 amide bonds. The molecule has 2 aromatic rings. The Morgan fingerprint density at radius 3 is 2.62 bits per heavy atom. The van der Waals surface area contributed by atoms with Crippen LogP contribution in [-0.2, 0) is 9.84 Å². The van der Waals surface area contributed by atoms with Crippen LogP contribution in [-0.4, -0.2) is 30.9 Å². The van der Waals surface area contributed by atoms with Crippen LogP contribution in [0.3, 0.4) is 0 Å². The van der Waals surface area contributed by atoms with E-state index in [4.69, 9.17) is 0 Å². The molecule has 5 nitrogen and oxygen atoms in total. The number of hydrogen-bond donors (Lipinski definition) is 1. The largest absolute Gasteiger partial charge is 0.359 e. The van der Waals surface area contributed by atoms with Gasteiger partial charge in [-0.2, -0.15) is 0 Å². The maximum atomic E-state index is 12.8. The third-order valence-corrected chi connectivity index (χ3v) is 5.96. The smallest absolute Gasteiger partial charge is 0.205 e. The predicted molar refractivity (Wildman–Crippen MR) is 78.8 cm³/mol. The van der Waals surface area contributed by atoms with Crippen LogP contribution in [0.1, 0.15) is 23.8 Å². The number of sulfone groups is 1. The highest BCUT2D eigenvalue weighted by Gasteiger charge is 2.27. The Kier molecular flexibility index (Phi) is 3.90. The highest BCUT2D eigenvalue weighted by molar-refractivity contribution is 7.91. The van der Waals surface area contributed by atoms with E-state index in [1.165, 1.54) is 23.5 Å². The first-order valence-electron chi connectivity index (χ1n) is 6.60. The van der Waals surface area contributed by atoms with Crippen molar-refractivity contribution < 1.29 is 12.8 Å². The van der Waals surface area contributed by atoms with Crippen LogP contribution < -0.4 is 5.32 Å². The van der Waals surface area contributed by atoms with E-state index in [1.807, 2.05) is 0 Å². The van der Waals surface area contributed by atoms with E-state index in [0.717, 1.165) is 30.0 Å². The summed E-state index contributed by atoms with van der Waals surface area (Å²) in [6, 6.07) is 4.85. The minimum atomic E-state index is -3.42. The summed E-state index contributed by atoms with van der Waals surface area (Å²) >= 11 is 1.47. The van der Waals surface area contributed by atoms with Gasteiger partial charge in [-0.05, 0) is 37.1 Å². The molecule has 0 radical (unpaired) electrons. The molecule has 0 bridgehead atoms. The van der Waals surface area contributed by atoms with Gasteiger partial charge in [0.1, 0.15) is 10.8 Å². The van der Waals surface area contributed by atoms with Crippen molar-refractivity contribution >= 4 is 26.3 Å². The summed E-state index contributed by atoms with van der Waals surface area (Å²) in [7, 11) is -3.42. The lowest BCUT2D eigenvalue weighted by Gasteiger charge is -2.05. The maximum absolute atomic E-state index is 12.8. The summed E-state index contributed by atoms with van der Waals surface area (Å²) in [5.41, 5.74) is 0. The minimum absolute atomic E-state index is 0.0724. The predicted octanol–water partition coefficient (Wildman–Crippen LogP) is 2.44. The lowest BCUT2D eigenvalue weighted by atomic mass is 10.4. The van der Waals surface area contributed by atoms with Gasteiger partial charge in [0, 0.05) is 12.5 Å². The van der Waals surface area contributed by atoms with E-state index in [2.05, 4.69) is 15.5 Å². The first-order valence-corrected chi connectivity index (χ1v) is 9.07. The summed E-state index contributed by atoms with van der Waals surface area (Å²) in [5.74, 6) is 0.0197. The zero-order valence-electron chi connectivity index (χ0n) is 11.1. The molecule has 1 aromatic carbocycles. The van der Waals surface area contributed by atoms with Crippen LogP contribution in [0.2, 0.25) is 0 Å². The number of benzene rings is 1. The van der Waals surface area contributed by atoms with Gasteiger partial charge in [0.25, 0.3) is 0 Å². The van der Waals surface area contributed by atoms with Crippen molar-refractivity contribution in [2.45, 2.75) is 23.7 Å². The monoisotopic (exact) mass is 327 g/mol.